The Morgan fingerprint density at radius 2 is 2.31 bits per heavy atom. The molecule has 16 heavy (non-hydrogen) atoms. The maximum absolute atomic E-state index is 11.3. The standard InChI is InChI=1S/C12H14N2O2/c1-14-10-3-2-8(4-9-6-13-7-9)5-11(10)16-12(14)15/h2-3,5,9,13H,4,6-7H2,1H3. The van der Waals surface area contributed by atoms with Gasteiger partial charge in [-0.05, 0) is 43.1 Å². The minimum atomic E-state index is -0.294. The zero-order valence-corrected chi connectivity index (χ0v) is 9.19. The van der Waals surface area contributed by atoms with E-state index in [0.717, 1.165) is 30.9 Å². The highest BCUT2D eigenvalue weighted by Gasteiger charge is 2.17. The van der Waals surface area contributed by atoms with Gasteiger partial charge < -0.3 is 9.73 Å². The van der Waals surface area contributed by atoms with Crippen molar-refractivity contribution in [3.05, 3.63) is 34.3 Å². The zero-order valence-electron chi connectivity index (χ0n) is 9.19. The van der Waals surface area contributed by atoms with Crippen molar-refractivity contribution >= 4 is 11.1 Å². The van der Waals surface area contributed by atoms with E-state index in [1.807, 2.05) is 12.1 Å². The summed E-state index contributed by atoms with van der Waals surface area (Å²) in [5.41, 5.74) is 2.80. The van der Waals surface area contributed by atoms with Gasteiger partial charge in [0, 0.05) is 7.05 Å². The first kappa shape index (κ1) is 9.66. The second-order valence-electron chi connectivity index (χ2n) is 4.46. The number of benzene rings is 1. The van der Waals surface area contributed by atoms with E-state index in [2.05, 4.69) is 11.4 Å². The van der Waals surface area contributed by atoms with Crippen molar-refractivity contribution in [3.8, 4) is 0 Å². The average Bonchev–Trinajstić information content (AvgIpc) is 2.49. The lowest BCUT2D eigenvalue weighted by molar-refractivity contribution is 0.346. The first-order valence-corrected chi connectivity index (χ1v) is 5.53. The molecule has 1 aliphatic heterocycles. The molecule has 3 rings (SSSR count). The van der Waals surface area contributed by atoms with Crippen LogP contribution in [0.1, 0.15) is 5.56 Å². The Labute approximate surface area is 92.9 Å². The molecule has 0 saturated carbocycles. The Morgan fingerprint density at radius 1 is 1.50 bits per heavy atom. The molecule has 4 heteroatoms. The molecule has 1 aromatic carbocycles. The summed E-state index contributed by atoms with van der Waals surface area (Å²) in [5.74, 6) is 0.436. The monoisotopic (exact) mass is 218 g/mol. The lowest BCUT2D eigenvalue weighted by Gasteiger charge is -2.26. The molecular formula is C12H14N2O2. The van der Waals surface area contributed by atoms with Gasteiger partial charge in [0.1, 0.15) is 0 Å². The molecule has 0 unspecified atom stereocenters. The number of nitrogens with one attached hydrogen (secondary N) is 1. The predicted molar refractivity (Wildman–Crippen MR) is 61.5 cm³/mol. The summed E-state index contributed by atoms with van der Waals surface area (Å²) in [6.45, 7) is 2.19. The topological polar surface area (TPSA) is 47.2 Å². The molecule has 2 aromatic rings. The molecule has 0 bridgehead atoms. The van der Waals surface area contributed by atoms with Gasteiger partial charge in [-0.1, -0.05) is 6.07 Å². The Kier molecular flexibility index (Phi) is 2.11. The maximum Gasteiger partial charge on any atom is 0.419 e. The third-order valence-electron chi connectivity index (χ3n) is 3.25. The number of hydrogen-bond acceptors (Lipinski definition) is 3. The van der Waals surface area contributed by atoms with E-state index < -0.39 is 0 Å². The summed E-state index contributed by atoms with van der Waals surface area (Å²) >= 11 is 0. The van der Waals surface area contributed by atoms with Crippen LogP contribution >= 0.6 is 0 Å². The minimum absolute atomic E-state index is 0.294. The van der Waals surface area contributed by atoms with E-state index >= 15 is 0 Å². The molecule has 1 saturated heterocycles. The van der Waals surface area contributed by atoms with Gasteiger partial charge in [-0.25, -0.2) is 4.79 Å². The van der Waals surface area contributed by atoms with Gasteiger partial charge in [0.2, 0.25) is 0 Å². The zero-order chi connectivity index (χ0) is 11.1. The maximum atomic E-state index is 11.3. The summed E-state index contributed by atoms with van der Waals surface area (Å²) in [7, 11) is 1.73. The third kappa shape index (κ3) is 1.46. The number of rotatable bonds is 2. The molecule has 1 fully saturated rings. The molecule has 1 aliphatic rings. The second kappa shape index (κ2) is 3.49. The Balaban J connectivity index is 1.98. The van der Waals surface area contributed by atoms with Crippen molar-refractivity contribution in [2.24, 2.45) is 13.0 Å². The Bertz CT molecular complexity index is 578. The predicted octanol–water partition coefficient (Wildman–Crippen LogP) is 0.893. The average molecular weight is 218 g/mol. The first-order chi connectivity index (χ1) is 7.74. The molecule has 0 amide bonds. The normalized spacial score (nSPS) is 16.6. The number of aryl methyl sites for hydroxylation is 1. The first-order valence-electron chi connectivity index (χ1n) is 5.53. The summed E-state index contributed by atoms with van der Waals surface area (Å²) in [6, 6.07) is 6.02. The Hall–Kier alpha value is -1.55. The third-order valence-corrected chi connectivity index (χ3v) is 3.25. The highest BCUT2D eigenvalue weighted by molar-refractivity contribution is 5.73. The molecule has 0 spiro atoms. The summed E-state index contributed by atoms with van der Waals surface area (Å²) in [4.78, 5) is 11.3. The van der Waals surface area contributed by atoms with Crippen LogP contribution in [0.2, 0.25) is 0 Å². The van der Waals surface area contributed by atoms with E-state index in [4.69, 9.17) is 4.42 Å². The lowest BCUT2D eigenvalue weighted by atomic mass is 9.94. The van der Waals surface area contributed by atoms with Crippen molar-refractivity contribution in [2.45, 2.75) is 6.42 Å². The number of nitrogens with zero attached hydrogens (tertiary/aromatic N) is 1. The van der Waals surface area contributed by atoms with Crippen molar-refractivity contribution in [1.82, 2.24) is 9.88 Å². The van der Waals surface area contributed by atoms with E-state index in [1.54, 1.807) is 7.05 Å². The Morgan fingerprint density at radius 3 is 3.00 bits per heavy atom. The molecule has 4 nitrogen and oxygen atoms in total. The van der Waals surface area contributed by atoms with E-state index in [-0.39, 0.29) is 5.76 Å². The molecule has 0 aliphatic carbocycles. The fourth-order valence-electron chi connectivity index (χ4n) is 2.13. The van der Waals surface area contributed by atoms with Crippen LogP contribution in [0.25, 0.3) is 11.1 Å². The minimum Gasteiger partial charge on any atom is -0.408 e. The van der Waals surface area contributed by atoms with Gasteiger partial charge >= 0.3 is 5.76 Å². The summed E-state index contributed by atoms with van der Waals surface area (Å²) in [5, 5.41) is 3.25. The van der Waals surface area contributed by atoms with Gasteiger partial charge in [0.05, 0.1) is 5.52 Å². The quantitative estimate of drug-likeness (QED) is 0.814. The van der Waals surface area contributed by atoms with Crippen LogP contribution in [0, 0.1) is 5.92 Å². The molecule has 1 aromatic heterocycles. The van der Waals surface area contributed by atoms with Gasteiger partial charge in [0.15, 0.2) is 5.58 Å². The summed E-state index contributed by atoms with van der Waals surface area (Å²) in [6.07, 6.45) is 1.06. The fourth-order valence-corrected chi connectivity index (χ4v) is 2.13. The molecule has 84 valence electrons. The number of aromatic nitrogens is 1. The van der Waals surface area contributed by atoms with Crippen LogP contribution in [0.5, 0.6) is 0 Å². The van der Waals surface area contributed by atoms with Crippen molar-refractivity contribution in [3.63, 3.8) is 0 Å². The van der Waals surface area contributed by atoms with Crippen LogP contribution in [0.4, 0.5) is 0 Å². The van der Waals surface area contributed by atoms with E-state index in [9.17, 15) is 4.79 Å². The second-order valence-corrected chi connectivity index (χ2v) is 4.46. The summed E-state index contributed by atoms with van der Waals surface area (Å²) < 4.78 is 6.70. The number of hydrogen-bond donors (Lipinski definition) is 1. The molecule has 0 atom stereocenters. The van der Waals surface area contributed by atoms with Crippen molar-refractivity contribution in [2.75, 3.05) is 13.1 Å². The lowest BCUT2D eigenvalue weighted by Crippen LogP contribution is -2.43. The van der Waals surface area contributed by atoms with E-state index in [1.165, 1.54) is 10.1 Å². The van der Waals surface area contributed by atoms with Crippen molar-refractivity contribution < 1.29 is 4.42 Å². The van der Waals surface area contributed by atoms with Gasteiger partial charge in [0.25, 0.3) is 0 Å². The smallest absolute Gasteiger partial charge is 0.408 e. The highest BCUT2D eigenvalue weighted by atomic mass is 16.4. The van der Waals surface area contributed by atoms with Crippen LogP contribution in [-0.4, -0.2) is 17.7 Å². The van der Waals surface area contributed by atoms with Crippen LogP contribution in [0.15, 0.2) is 27.4 Å². The van der Waals surface area contributed by atoms with Gasteiger partial charge in [-0.2, -0.15) is 0 Å². The van der Waals surface area contributed by atoms with Gasteiger partial charge in [-0.15, -0.1) is 0 Å². The van der Waals surface area contributed by atoms with Crippen LogP contribution in [-0.2, 0) is 13.5 Å². The SMILES string of the molecule is Cn1c(=O)oc2cc(CC3CNC3)ccc21. The molecule has 1 N–H and O–H groups in total. The number of oxazole rings is 1. The molecule has 2 heterocycles. The number of fused-ring (bicyclic) bond motifs is 1. The van der Waals surface area contributed by atoms with Crippen molar-refractivity contribution in [1.29, 1.82) is 0 Å². The molecular weight excluding hydrogens is 204 g/mol. The fraction of sp³-hybridized carbons (Fsp3) is 0.417. The van der Waals surface area contributed by atoms with Crippen LogP contribution in [0.3, 0.4) is 0 Å². The van der Waals surface area contributed by atoms with E-state index in [0.29, 0.717) is 5.58 Å². The largest absolute Gasteiger partial charge is 0.419 e. The highest BCUT2D eigenvalue weighted by Crippen LogP contribution is 2.18. The van der Waals surface area contributed by atoms with Crippen LogP contribution < -0.4 is 11.1 Å². The van der Waals surface area contributed by atoms with Gasteiger partial charge in [-0.3, -0.25) is 4.57 Å². The molecule has 0 radical (unpaired) electrons.